The van der Waals surface area contributed by atoms with Gasteiger partial charge in [-0.3, -0.25) is 4.21 Å². The van der Waals surface area contributed by atoms with E-state index in [0.717, 1.165) is 0 Å². The molecule has 0 saturated carbocycles. The molecular weight excluding hydrogens is 103 g/mol. The van der Waals surface area contributed by atoms with Gasteiger partial charge in [-0.1, -0.05) is 11.7 Å². The fourth-order valence-corrected chi connectivity index (χ4v) is 0. The van der Waals surface area contributed by atoms with E-state index in [1.807, 2.05) is 0 Å². The Morgan fingerprint density at radius 2 is 1.75 bits per heavy atom. The van der Waals surface area contributed by atoms with Crippen LogP contribution in [0.2, 0.25) is 0 Å². The summed E-state index contributed by atoms with van der Waals surface area (Å²) in [6, 6.07) is 0. The molecule has 0 aromatic heterocycles. The zero-order valence-electron chi connectivity index (χ0n) is 1.30. The van der Waals surface area contributed by atoms with Crippen LogP contribution >= 0.6 is 11.7 Å². The maximum absolute atomic E-state index is 8.77. The number of hydrogen-bond acceptors (Lipinski definition) is 1. The van der Waals surface area contributed by atoms with E-state index in [-0.39, 0.29) is 40.3 Å². The van der Waals surface area contributed by atoms with E-state index in [0.29, 0.717) is 0 Å². The van der Waals surface area contributed by atoms with Crippen molar-refractivity contribution in [3.63, 3.8) is 0 Å². The Balaban J connectivity index is 0. The first kappa shape index (κ1) is 9.09. The Morgan fingerprint density at radius 1 is 1.75 bits per heavy atom. The van der Waals surface area contributed by atoms with E-state index in [1.165, 1.54) is 0 Å². The van der Waals surface area contributed by atoms with Crippen LogP contribution in [0.25, 0.3) is 0 Å². The van der Waals surface area contributed by atoms with Crippen LogP contribution in [-0.2, 0) is 10.7 Å². The van der Waals surface area contributed by atoms with Crippen LogP contribution < -0.4 is 0 Å². The molecule has 0 aromatic carbocycles. The standard InChI is InChI=1S/Na.H2OS2.H/c;1-3-2;/h;3H,(H,1,2);. The molecule has 0 atom stereocenters. The summed E-state index contributed by atoms with van der Waals surface area (Å²) in [7, 11) is -0.139. The molecule has 0 aliphatic carbocycles. The van der Waals surface area contributed by atoms with Crippen molar-refractivity contribution in [3.8, 4) is 0 Å². The molecule has 0 amide bonds. The molecule has 4 heavy (non-hydrogen) atoms. The molecule has 4 heteroatoms. The van der Waals surface area contributed by atoms with Gasteiger partial charge < -0.3 is 0 Å². The summed E-state index contributed by atoms with van der Waals surface area (Å²) in [5, 5.41) is 0. The van der Waals surface area contributed by atoms with Crippen LogP contribution in [0.1, 0.15) is 0 Å². The molecular formula is H3NaOS2. The van der Waals surface area contributed by atoms with E-state index in [9.17, 15) is 0 Å². The average Bonchev–Trinajstić information content (AvgIpc) is 0.918. The van der Waals surface area contributed by atoms with Crippen molar-refractivity contribution in [2.24, 2.45) is 0 Å². The summed E-state index contributed by atoms with van der Waals surface area (Å²) >= 11 is 3.21. The van der Waals surface area contributed by atoms with Crippen LogP contribution in [-0.4, -0.2) is 33.8 Å². The van der Waals surface area contributed by atoms with Crippen molar-refractivity contribution in [1.82, 2.24) is 0 Å². The third-order valence-electron chi connectivity index (χ3n) is 0. The van der Waals surface area contributed by atoms with Crippen LogP contribution in [0.5, 0.6) is 0 Å². The normalized spacial score (nSPS) is 4.25. The number of rotatable bonds is 0. The maximum atomic E-state index is 8.77. The molecule has 22 valence electrons. The SMILES string of the molecule is O=[SH]S.[NaH]. The van der Waals surface area contributed by atoms with Gasteiger partial charge in [-0.05, 0) is 0 Å². The molecule has 0 spiro atoms. The zero-order valence-corrected chi connectivity index (χ0v) is 3.09. The zero-order chi connectivity index (χ0) is 2.71. The summed E-state index contributed by atoms with van der Waals surface area (Å²) in [6.07, 6.45) is 0. The van der Waals surface area contributed by atoms with Crippen LogP contribution in [0.3, 0.4) is 0 Å². The third kappa shape index (κ3) is 9.72. The molecule has 0 rings (SSSR count). The second-order valence-corrected chi connectivity index (χ2v) is 0.735. The van der Waals surface area contributed by atoms with Crippen LogP contribution in [0.4, 0.5) is 0 Å². The van der Waals surface area contributed by atoms with E-state index in [1.54, 1.807) is 0 Å². The van der Waals surface area contributed by atoms with E-state index >= 15 is 0 Å². The second-order valence-electron chi connectivity index (χ2n) is 0.0816. The van der Waals surface area contributed by atoms with Crippen LogP contribution in [0, 0.1) is 0 Å². The van der Waals surface area contributed by atoms with Crippen molar-refractivity contribution in [2.45, 2.75) is 0 Å². The molecule has 0 aliphatic rings. The van der Waals surface area contributed by atoms with Gasteiger partial charge in [0.2, 0.25) is 0 Å². The molecule has 0 aliphatic heterocycles. The molecule has 0 bridgehead atoms. The van der Waals surface area contributed by atoms with Gasteiger partial charge in [0.15, 0.2) is 0 Å². The van der Waals surface area contributed by atoms with Crippen LogP contribution in [0.15, 0.2) is 0 Å². The molecule has 0 unspecified atom stereocenters. The predicted molar refractivity (Wildman–Crippen MR) is 25.7 cm³/mol. The predicted octanol–water partition coefficient (Wildman–Crippen LogP) is -0.872. The quantitative estimate of drug-likeness (QED) is 0.233. The average molecular weight is 106 g/mol. The van der Waals surface area contributed by atoms with Crippen molar-refractivity contribution < 1.29 is 4.21 Å². The summed E-state index contributed by atoms with van der Waals surface area (Å²) in [4.78, 5) is 0. The summed E-state index contributed by atoms with van der Waals surface area (Å²) in [5.41, 5.74) is 0. The Kier molecular flexibility index (Phi) is 20.0. The fourth-order valence-electron chi connectivity index (χ4n) is 0. The van der Waals surface area contributed by atoms with Gasteiger partial charge in [-0.2, -0.15) is 0 Å². The molecule has 1 nitrogen and oxygen atoms in total. The van der Waals surface area contributed by atoms with Crippen molar-refractivity contribution in [2.75, 3.05) is 0 Å². The minimum absolute atomic E-state index is 0. The first-order valence-corrected chi connectivity index (χ1v) is 2.35. The van der Waals surface area contributed by atoms with E-state index in [4.69, 9.17) is 4.21 Å². The van der Waals surface area contributed by atoms with Gasteiger partial charge in [0.25, 0.3) is 0 Å². The van der Waals surface area contributed by atoms with Gasteiger partial charge in [-0.15, -0.1) is 0 Å². The summed E-state index contributed by atoms with van der Waals surface area (Å²) < 4.78 is 8.77. The molecule has 0 radical (unpaired) electrons. The summed E-state index contributed by atoms with van der Waals surface area (Å²) in [5.74, 6) is 0. The number of hydrogen-bond donors (Lipinski definition) is 2. The monoisotopic (exact) mass is 106 g/mol. The van der Waals surface area contributed by atoms with Crippen molar-refractivity contribution in [1.29, 1.82) is 0 Å². The third-order valence-corrected chi connectivity index (χ3v) is 0. The first-order valence-electron chi connectivity index (χ1n) is 0.383. The molecule has 0 fully saturated rings. The van der Waals surface area contributed by atoms with Gasteiger partial charge in [0, 0.05) is 0 Å². The minimum atomic E-state index is -0.139. The number of thiol groups is 2. The Hall–Kier alpha value is 1.50. The van der Waals surface area contributed by atoms with Gasteiger partial charge in [0.1, 0.15) is 0 Å². The van der Waals surface area contributed by atoms with Gasteiger partial charge in [0.05, 0.1) is 10.7 Å². The summed E-state index contributed by atoms with van der Waals surface area (Å²) in [6.45, 7) is 0. The van der Waals surface area contributed by atoms with E-state index < -0.39 is 0 Å². The first-order chi connectivity index (χ1) is 1.41. The van der Waals surface area contributed by atoms with Gasteiger partial charge in [-0.25, -0.2) is 0 Å². The Bertz CT molecular complexity index is 13.5. The topological polar surface area (TPSA) is 17.1 Å². The molecule has 0 N–H and O–H groups in total. The Labute approximate surface area is 55.7 Å². The molecule has 0 heterocycles. The van der Waals surface area contributed by atoms with Gasteiger partial charge >= 0.3 is 29.6 Å². The second kappa shape index (κ2) is 8.82. The molecule has 0 saturated heterocycles. The van der Waals surface area contributed by atoms with E-state index in [2.05, 4.69) is 11.7 Å². The van der Waals surface area contributed by atoms with Crippen molar-refractivity contribution >= 4 is 51.9 Å². The fraction of sp³-hybridized carbons (Fsp3) is 0. The Morgan fingerprint density at radius 3 is 1.75 bits per heavy atom. The molecule has 0 aromatic rings. The van der Waals surface area contributed by atoms with Crippen molar-refractivity contribution in [3.05, 3.63) is 0 Å².